The summed E-state index contributed by atoms with van der Waals surface area (Å²) in [6.45, 7) is 8.83. The van der Waals surface area contributed by atoms with Gasteiger partial charge in [-0.3, -0.25) is 9.36 Å². The highest BCUT2D eigenvalue weighted by atomic mass is 32.2. The number of thioether (sulfide) groups is 1. The second kappa shape index (κ2) is 9.81. The molecule has 0 N–H and O–H groups in total. The van der Waals surface area contributed by atoms with Gasteiger partial charge in [0, 0.05) is 23.3 Å². The third-order valence-electron chi connectivity index (χ3n) is 7.41. The van der Waals surface area contributed by atoms with Gasteiger partial charge in [-0.1, -0.05) is 94.3 Å². The van der Waals surface area contributed by atoms with Crippen LogP contribution in [0.1, 0.15) is 77.0 Å². The molecule has 6 heteroatoms. The normalized spacial score (nSPS) is 18.6. The lowest BCUT2D eigenvalue weighted by atomic mass is 9.86. The third kappa shape index (κ3) is 4.90. The highest BCUT2D eigenvalue weighted by Crippen LogP contribution is 2.37. The Balaban J connectivity index is 1.40. The Hall–Kier alpha value is -2.60. The van der Waals surface area contributed by atoms with Gasteiger partial charge in [0.25, 0.3) is 0 Å². The van der Waals surface area contributed by atoms with Crippen molar-refractivity contribution in [2.24, 2.45) is 0 Å². The van der Waals surface area contributed by atoms with E-state index in [2.05, 4.69) is 84.9 Å². The highest BCUT2D eigenvalue weighted by Gasteiger charge is 2.31. The molecule has 1 unspecified atom stereocenters. The van der Waals surface area contributed by atoms with Crippen molar-refractivity contribution in [1.29, 1.82) is 0 Å². The molecule has 1 amide bonds. The number of hydrogen-bond donors (Lipinski definition) is 0. The van der Waals surface area contributed by atoms with Crippen LogP contribution >= 0.6 is 11.8 Å². The zero-order chi connectivity index (χ0) is 24.6. The van der Waals surface area contributed by atoms with Crippen molar-refractivity contribution < 1.29 is 4.79 Å². The van der Waals surface area contributed by atoms with Gasteiger partial charge >= 0.3 is 0 Å². The second-order valence-electron chi connectivity index (χ2n) is 11.0. The number of anilines is 1. The molecular weight excluding hydrogens is 452 g/mol. The first kappa shape index (κ1) is 24.1. The molecule has 0 bridgehead atoms. The summed E-state index contributed by atoms with van der Waals surface area (Å²) < 4.78 is 2.32. The predicted molar refractivity (Wildman–Crippen MR) is 144 cm³/mol. The number of aromatic nitrogens is 3. The van der Waals surface area contributed by atoms with E-state index in [1.165, 1.54) is 42.2 Å². The van der Waals surface area contributed by atoms with Crippen LogP contribution in [0.15, 0.2) is 53.7 Å². The van der Waals surface area contributed by atoms with Gasteiger partial charge in [-0.15, -0.1) is 10.2 Å². The average Bonchev–Trinajstić information content (AvgIpc) is 3.43. The van der Waals surface area contributed by atoms with Crippen LogP contribution in [0, 0.1) is 0 Å². The van der Waals surface area contributed by atoms with Crippen LogP contribution in [0.3, 0.4) is 0 Å². The van der Waals surface area contributed by atoms with E-state index in [-0.39, 0.29) is 17.4 Å². The Bertz CT molecular complexity index is 1190. The topological polar surface area (TPSA) is 51.0 Å². The Labute approximate surface area is 213 Å². The Kier molecular flexibility index (Phi) is 6.75. The first-order valence-electron chi connectivity index (χ1n) is 12.9. The van der Waals surface area contributed by atoms with Crippen LogP contribution in [-0.4, -0.2) is 32.5 Å². The first-order chi connectivity index (χ1) is 16.8. The maximum absolute atomic E-state index is 13.3. The fourth-order valence-corrected chi connectivity index (χ4v) is 6.37. The summed E-state index contributed by atoms with van der Waals surface area (Å²) in [6, 6.07) is 17.6. The molecular formula is C29H36N4OS. The van der Waals surface area contributed by atoms with Crippen LogP contribution in [0.25, 0.3) is 11.4 Å². The molecule has 1 aliphatic carbocycles. The summed E-state index contributed by atoms with van der Waals surface area (Å²) in [5, 5.41) is 10.1. The Morgan fingerprint density at radius 1 is 1.00 bits per heavy atom. The van der Waals surface area contributed by atoms with Crippen LogP contribution in [0.5, 0.6) is 0 Å². The number of rotatable bonds is 5. The van der Waals surface area contributed by atoms with Crippen molar-refractivity contribution in [3.05, 3.63) is 59.7 Å². The summed E-state index contributed by atoms with van der Waals surface area (Å²) in [5.41, 5.74) is 4.83. The number of nitrogens with zero attached hydrogens (tertiary/aromatic N) is 4. The maximum Gasteiger partial charge on any atom is 0.237 e. The number of hydrogen-bond acceptors (Lipinski definition) is 4. The zero-order valence-corrected chi connectivity index (χ0v) is 22.1. The van der Waals surface area contributed by atoms with E-state index in [0.29, 0.717) is 11.8 Å². The lowest BCUT2D eigenvalue weighted by molar-refractivity contribution is -0.116. The molecule has 3 aromatic rings. The smallest absolute Gasteiger partial charge is 0.237 e. The maximum atomic E-state index is 13.3. The SMILES string of the molecule is CC1Cc2ccccc2N1C(=O)CSc1nnc(-c2ccc(C(C)(C)C)cc2)n1C1CCCCC1. The molecule has 2 aliphatic rings. The Morgan fingerprint density at radius 3 is 2.43 bits per heavy atom. The van der Waals surface area contributed by atoms with Gasteiger partial charge in [-0.25, -0.2) is 0 Å². The van der Waals surface area contributed by atoms with Gasteiger partial charge in [0.1, 0.15) is 0 Å². The molecule has 2 aromatic carbocycles. The predicted octanol–water partition coefficient (Wildman–Crippen LogP) is 6.82. The number of benzene rings is 2. The summed E-state index contributed by atoms with van der Waals surface area (Å²) in [6.07, 6.45) is 6.96. The summed E-state index contributed by atoms with van der Waals surface area (Å²) in [7, 11) is 0. The minimum Gasteiger partial charge on any atom is -0.308 e. The molecule has 1 aromatic heterocycles. The number of para-hydroxylation sites is 1. The number of amides is 1. The summed E-state index contributed by atoms with van der Waals surface area (Å²) in [5.74, 6) is 1.43. The summed E-state index contributed by atoms with van der Waals surface area (Å²) >= 11 is 1.53. The van der Waals surface area contributed by atoms with E-state index in [1.807, 2.05) is 11.0 Å². The minimum absolute atomic E-state index is 0.113. The van der Waals surface area contributed by atoms with Crippen molar-refractivity contribution in [1.82, 2.24) is 14.8 Å². The second-order valence-corrected chi connectivity index (χ2v) is 12.0. The molecule has 184 valence electrons. The highest BCUT2D eigenvalue weighted by molar-refractivity contribution is 7.99. The van der Waals surface area contributed by atoms with Gasteiger partial charge in [-0.05, 0) is 48.8 Å². The van der Waals surface area contributed by atoms with Crippen LogP contribution in [-0.2, 0) is 16.6 Å². The van der Waals surface area contributed by atoms with Crippen LogP contribution in [0.4, 0.5) is 5.69 Å². The van der Waals surface area contributed by atoms with Crippen molar-refractivity contribution in [3.8, 4) is 11.4 Å². The number of fused-ring (bicyclic) bond motifs is 1. The van der Waals surface area contributed by atoms with E-state index in [4.69, 9.17) is 0 Å². The molecule has 1 atom stereocenters. The van der Waals surface area contributed by atoms with Gasteiger partial charge in [-0.2, -0.15) is 0 Å². The third-order valence-corrected chi connectivity index (χ3v) is 8.34. The molecule has 0 saturated heterocycles. The van der Waals surface area contributed by atoms with Crippen molar-refractivity contribution in [2.45, 2.75) is 88.9 Å². The largest absolute Gasteiger partial charge is 0.308 e. The van der Waals surface area contributed by atoms with Gasteiger partial charge in [0.05, 0.1) is 5.75 Å². The van der Waals surface area contributed by atoms with E-state index in [9.17, 15) is 4.79 Å². The van der Waals surface area contributed by atoms with Gasteiger partial charge in [0.2, 0.25) is 5.91 Å². The molecule has 0 radical (unpaired) electrons. The van der Waals surface area contributed by atoms with Crippen molar-refractivity contribution in [3.63, 3.8) is 0 Å². The van der Waals surface area contributed by atoms with Crippen LogP contribution in [0.2, 0.25) is 0 Å². The Morgan fingerprint density at radius 2 is 1.71 bits per heavy atom. The van der Waals surface area contributed by atoms with E-state index < -0.39 is 0 Å². The van der Waals surface area contributed by atoms with E-state index in [0.717, 1.165) is 41.5 Å². The molecule has 2 heterocycles. The zero-order valence-electron chi connectivity index (χ0n) is 21.3. The van der Waals surface area contributed by atoms with E-state index >= 15 is 0 Å². The lowest BCUT2D eigenvalue weighted by Gasteiger charge is -2.26. The van der Waals surface area contributed by atoms with E-state index in [1.54, 1.807) is 0 Å². The van der Waals surface area contributed by atoms with Gasteiger partial charge in [0.15, 0.2) is 11.0 Å². The van der Waals surface area contributed by atoms with Crippen molar-refractivity contribution in [2.75, 3.05) is 10.7 Å². The fraction of sp³-hybridized carbons (Fsp3) is 0.483. The van der Waals surface area contributed by atoms with Crippen molar-refractivity contribution >= 4 is 23.4 Å². The molecule has 1 fully saturated rings. The number of carbonyl (C=O) groups excluding carboxylic acids is 1. The average molecular weight is 489 g/mol. The van der Waals surface area contributed by atoms with Gasteiger partial charge < -0.3 is 4.90 Å². The summed E-state index contributed by atoms with van der Waals surface area (Å²) in [4.78, 5) is 15.3. The molecule has 1 saturated carbocycles. The molecule has 0 spiro atoms. The molecule has 1 aliphatic heterocycles. The lowest BCUT2D eigenvalue weighted by Crippen LogP contribution is -2.37. The minimum atomic E-state index is 0.113. The monoisotopic (exact) mass is 488 g/mol. The first-order valence-corrected chi connectivity index (χ1v) is 13.9. The molecule has 5 rings (SSSR count). The molecule has 5 nitrogen and oxygen atoms in total. The van der Waals surface area contributed by atoms with Crippen LogP contribution < -0.4 is 4.90 Å². The fourth-order valence-electron chi connectivity index (χ4n) is 5.50. The quantitative estimate of drug-likeness (QED) is 0.370. The molecule has 35 heavy (non-hydrogen) atoms. The standard InChI is InChI=1S/C29H36N4OS/c1-20-18-22-10-8-9-13-25(22)32(20)26(34)19-35-28-31-30-27(33(28)24-11-6-5-7-12-24)21-14-16-23(17-15-21)29(2,3)4/h8-10,13-17,20,24H,5-7,11-12,18-19H2,1-4H3. The number of carbonyl (C=O) groups is 1.